The van der Waals surface area contributed by atoms with Gasteiger partial charge in [-0.15, -0.1) is 0 Å². The topological polar surface area (TPSA) is 59.4 Å². The van der Waals surface area contributed by atoms with Gasteiger partial charge in [0.2, 0.25) is 5.95 Å². The molecule has 8 heteroatoms. The van der Waals surface area contributed by atoms with Gasteiger partial charge in [0.15, 0.2) is 0 Å². The van der Waals surface area contributed by atoms with Crippen LogP contribution in [0.15, 0.2) is 42.5 Å². The Bertz CT molecular complexity index is 1120. The molecule has 4 rings (SSSR count). The molecule has 1 aliphatic rings. The molecule has 32 heavy (non-hydrogen) atoms. The Hall–Kier alpha value is -2.44. The second-order valence-electron chi connectivity index (χ2n) is 9.17. The molecule has 1 saturated heterocycles. The van der Waals surface area contributed by atoms with E-state index in [9.17, 15) is 4.79 Å². The van der Waals surface area contributed by atoms with Gasteiger partial charge in [0, 0.05) is 19.1 Å². The van der Waals surface area contributed by atoms with E-state index >= 15 is 0 Å². The van der Waals surface area contributed by atoms with Crippen LogP contribution < -0.4 is 10.2 Å². The number of nitrogens with zero attached hydrogens (tertiary/aromatic N) is 3. The van der Waals surface area contributed by atoms with Gasteiger partial charge in [0.25, 0.3) is 0 Å². The van der Waals surface area contributed by atoms with Gasteiger partial charge in [-0.3, -0.25) is 0 Å². The zero-order valence-corrected chi connectivity index (χ0v) is 20.1. The van der Waals surface area contributed by atoms with Crippen molar-refractivity contribution in [3.63, 3.8) is 0 Å². The first-order chi connectivity index (χ1) is 15.2. The third-order valence-electron chi connectivity index (χ3n) is 5.38. The van der Waals surface area contributed by atoms with E-state index in [1.54, 1.807) is 0 Å². The number of ether oxygens (including phenoxy) is 1. The lowest BCUT2D eigenvalue weighted by Gasteiger charge is -2.34. The van der Waals surface area contributed by atoms with Crippen LogP contribution in [0.25, 0.3) is 11.0 Å². The SMILES string of the molecule is CC(C)(C)OC(=O)NC1CCCN(c2nc3ccccc3n2Cc2ccc(Cl)c(Cl)c2)C1. The molecular formula is C24H28Cl2N4O2. The predicted molar refractivity (Wildman–Crippen MR) is 130 cm³/mol. The van der Waals surface area contributed by atoms with Crippen molar-refractivity contribution < 1.29 is 9.53 Å². The zero-order chi connectivity index (χ0) is 22.9. The fourth-order valence-electron chi connectivity index (χ4n) is 4.03. The van der Waals surface area contributed by atoms with E-state index in [1.165, 1.54) is 0 Å². The molecule has 2 aromatic carbocycles. The number of hydrogen-bond donors (Lipinski definition) is 1. The molecule has 6 nitrogen and oxygen atoms in total. The molecular weight excluding hydrogens is 447 g/mol. The molecule has 2 heterocycles. The number of alkyl carbamates (subject to hydrolysis) is 1. The van der Waals surface area contributed by atoms with E-state index in [-0.39, 0.29) is 12.1 Å². The van der Waals surface area contributed by atoms with E-state index in [2.05, 4.69) is 20.9 Å². The molecule has 0 radical (unpaired) electrons. The monoisotopic (exact) mass is 474 g/mol. The average Bonchev–Trinajstić information content (AvgIpc) is 3.08. The number of amides is 1. The van der Waals surface area contributed by atoms with Crippen molar-refractivity contribution >= 4 is 46.3 Å². The van der Waals surface area contributed by atoms with E-state index < -0.39 is 5.60 Å². The predicted octanol–water partition coefficient (Wildman–Crippen LogP) is 5.88. The van der Waals surface area contributed by atoms with Crippen LogP contribution >= 0.6 is 23.2 Å². The molecule has 170 valence electrons. The highest BCUT2D eigenvalue weighted by Gasteiger charge is 2.27. The Balaban J connectivity index is 1.60. The standard InChI is InChI=1S/C24H28Cl2N4O2/c1-24(2,3)32-23(31)27-17-7-6-12-29(15-17)22-28-20-8-4-5-9-21(20)30(22)14-16-10-11-18(25)19(26)13-16/h4-5,8-11,13,17H,6-7,12,14-15H2,1-3H3,(H,27,31). The van der Waals surface area contributed by atoms with E-state index in [4.69, 9.17) is 32.9 Å². The highest BCUT2D eigenvalue weighted by atomic mass is 35.5. The highest BCUT2D eigenvalue weighted by molar-refractivity contribution is 6.42. The molecule has 0 saturated carbocycles. The number of halogens is 2. The summed E-state index contributed by atoms with van der Waals surface area (Å²) < 4.78 is 7.64. The zero-order valence-electron chi connectivity index (χ0n) is 18.6. The summed E-state index contributed by atoms with van der Waals surface area (Å²) in [5.41, 5.74) is 2.51. The van der Waals surface area contributed by atoms with Crippen LogP contribution in [0.4, 0.5) is 10.7 Å². The molecule has 1 aliphatic heterocycles. The molecule has 3 aromatic rings. The van der Waals surface area contributed by atoms with Crippen LogP contribution in [-0.2, 0) is 11.3 Å². The normalized spacial score (nSPS) is 16.9. The summed E-state index contributed by atoms with van der Waals surface area (Å²) in [5, 5.41) is 4.10. The van der Waals surface area contributed by atoms with Crippen molar-refractivity contribution in [3.05, 3.63) is 58.1 Å². The van der Waals surface area contributed by atoms with Crippen LogP contribution in [-0.4, -0.2) is 40.4 Å². The second kappa shape index (κ2) is 9.20. The van der Waals surface area contributed by atoms with Crippen molar-refractivity contribution in [2.75, 3.05) is 18.0 Å². The number of rotatable bonds is 4. The van der Waals surface area contributed by atoms with Gasteiger partial charge in [-0.1, -0.05) is 41.4 Å². The van der Waals surface area contributed by atoms with Crippen LogP contribution in [0.2, 0.25) is 10.0 Å². The number of para-hydroxylation sites is 2. The number of nitrogens with one attached hydrogen (secondary N) is 1. The maximum Gasteiger partial charge on any atom is 0.407 e. The smallest absolute Gasteiger partial charge is 0.407 e. The Labute approximate surface area is 198 Å². The fourth-order valence-corrected chi connectivity index (χ4v) is 4.35. The number of piperidine rings is 1. The minimum Gasteiger partial charge on any atom is -0.444 e. The number of benzene rings is 2. The summed E-state index contributed by atoms with van der Waals surface area (Å²) in [6, 6.07) is 13.8. The van der Waals surface area contributed by atoms with Gasteiger partial charge in [-0.05, 0) is 63.4 Å². The number of carbonyl (C=O) groups is 1. The molecule has 1 N–H and O–H groups in total. The summed E-state index contributed by atoms with van der Waals surface area (Å²) in [7, 11) is 0. The third kappa shape index (κ3) is 5.30. The summed E-state index contributed by atoms with van der Waals surface area (Å²) in [4.78, 5) is 19.5. The molecule has 1 aromatic heterocycles. The molecule has 1 unspecified atom stereocenters. The van der Waals surface area contributed by atoms with Gasteiger partial charge in [0.05, 0.1) is 27.6 Å². The van der Waals surface area contributed by atoms with Crippen LogP contribution in [0.5, 0.6) is 0 Å². The Morgan fingerprint density at radius 2 is 1.97 bits per heavy atom. The van der Waals surface area contributed by atoms with Gasteiger partial charge < -0.3 is 19.5 Å². The van der Waals surface area contributed by atoms with Gasteiger partial charge in [-0.25, -0.2) is 9.78 Å². The van der Waals surface area contributed by atoms with E-state index in [1.807, 2.05) is 57.2 Å². The second-order valence-corrected chi connectivity index (χ2v) is 9.98. The lowest BCUT2D eigenvalue weighted by Crippen LogP contribution is -2.49. The number of fused-ring (bicyclic) bond motifs is 1. The van der Waals surface area contributed by atoms with Gasteiger partial charge in [0.1, 0.15) is 5.60 Å². The van der Waals surface area contributed by atoms with Crippen LogP contribution in [0.3, 0.4) is 0 Å². The van der Waals surface area contributed by atoms with Crippen LogP contribution in [0, 0.1) is 0 Å². The van der Waals surface area contributed by atoms with Crippen molar-refractivity contribution in [1.82, 2.24) is 14.9 Å². The number of anilines is 1. The molecule has 0 aliphatic carbocycles. The summed E-state index contributed by atoms with van der Waals surface area (Å²) >= 11 is 12.4. The maximum absolute atomic E-state index is 12.3. The van der Waals surface area contributed by atoms with Crippen molar-refractivity contribution in [2.24, 2.45) is 0 Å². The van der Waals surface area contributed by atoms with E-state index in [0.29, 0.717) is 23.1 Å². The van der Waals surface area contributed by atoms with E-state index in [0.717, 1.165) is 41.9 Å². The quantitative estimate of drug-likeness (QED) is 0.512. The Kier molecular flexibility index (Phi) is 6.54. The first kappa shape index (κ1) is 22.7. The summed E-state index contributed by atoms with van der Waals surface area (Å²) in [5.74, 6) is 0.882. The first-order valence-electron chi connectivity index (χ1n) is 10.8. The van der Waals surface area contributed by atoms with Gasteiger partial charge in [-0.2, -0.15) is 0 Å². The van der Waals surface area contributed by atoms with Gasteiger partial charge >= 0.3 is 6.09 Å². The van der Waals surface area contributed by atoms with Crippen molar-refractivity contribution in [3.8, 4) is 0 Å². The largest absolute Gasteiger partial charge is 0.444 e. The lowest BCUT2D eigenvalue weighted by molar-refractivity contribution is 0.0500. The molecule has 0 bridgehead atoms. The minimum absolute atomic E-state index is 0.00293. The molecule has 1 fully saturated rings. The summed E-state index contributed by atoms with van der Waals surface area (Å²) in [6.45, 7) is 7.76. The Morgan fingerprint density at radius 3 is 2.72 bits per heavy atom. The maximum atomic E-state index is 12.3. The highest BCUT2D eigenvalue weighted by Crippen LogP contribution is 2.28. The minimum atomic E-state index is -0.522. The third-order valence-corrected chi connectivity index (χ3v) is 6.12. The number of carbonyl (C=O) groups excluding carboxylic acids is 1. The molecule has 1 atom stereocenters. The molecule has 0 spiro atoms. The van der Waals surface area contributed by atoms with Crippen molar-refractivity contribution in [1.29, 1.82) is 0 Å². The summed E-state index contributed by atoms with van der Waals surface area (Å²) in [6.07, 6.45) is 1.48. The average molecular weight is 475 g/mol. The van der Waals surface area contributed by atoms with Crippen LogP contribution in [0.1, 0.15) is 39.2 Å². The number of hydrogen-bond acceptors (Lipinski definition) is 4. The number of imidazole rings is 1. The Morgan fingerprint density at radius 1 is 1.19 bits per heavy atom. The molecule has 1 amide bonds. The first-order valence-corrected chi connectivity index (χ1v) is 11.6. The lowest BCUT2D eigenvalue weighted by atomic mass is 10.1. The number of aromatic nitrogens is 2. The fraction of sp³-hybridized carbons (Fsp3) is 0.417. The van der Waals surface area contributed by atoms with Crippen molar-refractivity contribution in [2.45, 2.75) is 51.8 Å².